The summed E-state index contributed by atoms with van der Waals surface area (Å²) in [5.74, 6) is 0.381. The van der Waals surface area contributed by atoms with Crippen molar-refractivity contribution in [3.05, 3.63) is 12.7 Å². The van der Waals surface area contributed by atoms with E-state index in [1.165, 1.54) is 12.7 Å². The van der Waals surface area contributed by atoms with E-state index in [0.29, 0.717) is 18.8 Å². The maximum absolute atomic E-state index is 10.8. The third kappa shape index (κ3) is 3.89. The van der Waals surface area contributed by atoms with Crippen LogP contribution in [0, 0.1) is 5.92 Å². The molecule has 2 N–H and O–H groups in total. The molecule has 0 spiro atoms. The van der Waals surface area contributed by atoms with Crippen LogP contribution in [0.4, 0.5) is 5.95 Å². The van der Waals surface area contributed by atoms with Gasteiger partial charge in [0.2, 0.25) is 5.95 Å². The maximum Gasteiger partial charge on any atom is 0.695 e. The monoisotopic (exact) mass is 303 g/mol. The summed E-state index contributed by atoms with van der Waals surface area (Å²) in [7, 11) is -0.814. The van der Waals surface area contributed by atoms with Crippen LogP contribution in [0.2, 0.25) is 0 Å². The van der Waals surface area contributed by atoms with E-state index in [2.05, 4.69) is 15.0 Å². The number of hydrogen-bond acceptors (Lipinski definition) is 7. The van der Waals surface area contributed by atoms with E-state index >= 15 is 0 Å². The molecule has 1 aliphatic carbocycles. The van der Waals surface area contributed by atoms with E-state index in [9.17, 15) is 9.67 Å². The lowest BCUT2D eigenvalue weighted by molar-refractivity contribution is 0.106. The number of hydrogen-bond donors (Lipinski definition) is 2. The fourth-order valence-electron chi connectivity index (χ4n) is 2.39. The summed E-state index contributed by atoms with van der Waals surface area (Å²) in [5, 5.41) is 9.30. The second kappa shape index (κ2) is 7.54. The van der Waals surface area contributed by atoms with Gasteiger partial charge < -0.3 is 10.0 Å². The van der Waals surface area contributed by atoms with Gasteiger partial charge in [0, 0.05) is 30.2 Å². The van der Waals surface area contributed by atoms with Crippen LogP contribution >= 0.6 is 8.25 Å². The highest BCUT2D eigenvalue weighted by Crippen LogP contribution is 2.36. The van der Waals surface area contributed by atoms with E-state index < -0.39 is 14.4 Å². The van der Waals surface area contributed by atoms with Crippen molar-refractivity contribution in [3.63, 3.8) is 0 Å². The molecule has 8 nitrogen and oxygen atoms in total. The molecule has 1 aromatic heterocycles. The minimum absolute atomic E-state index is 0. The number of anilines is 1. The fraction of sp³-hybridized carbons (Fsp3) is 0.727. The Balaban J connectivity index is 0.00000200. The first-order chi connectivity index (χ1) is 9.11. The molecule has 20 heavy (non-hydrogen) atoms. The zero-order valence-electron chi connectivity index (χ0n) is 10.5. The van der Waals surface area contributed by atoms with Gasteiger partial charge in [-0.25, -0.2) is 15.0 Å². The quantitative estimate of drug-likeness (QED) is 0.767. The zero-order valence-corrected chi connectivity index (χ0v) is 11.3. The van der Waals surface area contributed by atoms with Gasteiger partial charge in [-0.2, -0.15) is 0 Å². The Bertz CT molecular complexity index is 436. The average Bonchev–Trinajstić information content (AvgIpc) is 2.81. The first kappa shape index (κ1) is 16.8. The van der Waals surface area contributed by atoms with Crippen molar-refractivity contribution in [1.29, 1.82) is 0 Å². The normalized spacial score (nSPS) is 25.9. The number of aliphatic hydroxyl groups excluding tert-OH is 1. The molecule has 0 bridgehead atoms. The van der Waals surface area contributed by atoms with Crippen LogP contribution in [0.3, 0.4) is 0 Å². The molecule has 0 aliphatic heterocycles. The average molecular weight is 303 g/mol. The van der Waals surface area contributed by atoms with Crippen molar-refractivity contribution in [2.45, 2.75) is 32.4 Å². The van der Waals surface area contributed by atoms with Gasteiger partial charge in [0.25, 0.3) is 0 Å². The van der Waals surface area contributed by atoms with E-state index in [4.69, 9.17) is 9.42 Å². The largest absolute Gasteiger partial charge is 0.695 e. The molecule has 0 radical (unpaired) electrons. The standard InChI is InChI=1S/C10H15N4O4P.CH4/c1-14(10-12-5-11-6-13-10)8-2-7(4-15)9(3-8)18-19(16)17;/h5-9,15H,2-4H2,1H3;1H4/p+1/t7-,8-,9+;/m1./s1. The summed E-state index contributed by atoms with van der Waals surface area (Å²) in [5.41, 5.74) is 0. The fourth-order valence-corrected chi connectivity index (χ4v) is 2.88. The lowest BCUT2D eigenvalue weighted by Gasteiger charge is -2.23. The second-order valence-corrected chi connectivity index (χ2v) is 5.19. The smallest absolute Gasteiger partial charge is 0.396 e. The lowest BCUT2D eigenvalue weighted by Crippen LogP contribution is -2.31. The Morgan fingerprint density at radius 2 is 2.10 bits per heavy atom. The van der Waals surface area contributed by atoms with Crippen molar-refractivity contribution in [2.75, 3.05) is 18.6 Å². The van der Waals surface area contributed by atoms with E-state index in [-0.39, 0.29) is 26.0 Å². The van der Waals surface area contributed by atoms with Gasteiger partial charge in [0.15, 0.2) is 0 Å². The van der Waals surface area contributed by atoms with Gasteiger partial charge in [-0.05, 0) is 12.8 Å². The molecule has 4 atom stereocenters. The highest BCUT2D eigenvalue weighted by Gasteiger charge is 2.41. The molecule has 1 fully saturated rings. The van der Waals surface area contributed by atoms with Crippen molar-refractivity contribution in [2.24, 2.45) is 5.92 Å². The summed E-state index contributed by atoms with van der Waals surface area (Å²) in [6.07, 6.45) is 3.61. The lowest BCUT2D eigenvalue weighted by atomic mass is 10.1. The van der Waals surface area contributed by atoms with Crippen molar-refractivity contribution >= 4 is 14.2 Å². The molecule has 1 heterocycles. The minimum atomic E-state index is -2.66. The Labute approximate surface area is 118 Å². The SMILES string of the molecule is C.CN(c1ncncn1)[C@@H]1C[C@H](CO)[C@@H](O[P+](=O)O)C1. The summed E-state index contributed by atoms with van der Waals surface area (Å²) in [4.78, 5) is 22.6. The first-order valence-corrected chi connectivity index (χ1v) is 7.03. The Kier molecular flexibility index (Phi) is 6.35. The Morgan fingerprint density at radius 1 is 1.45 bits per heavy atom. The van der Waals surface area contributed by atoms with Gasteiger partial charge in [-0.1, -0.05) is 7.43 Å². The summed E-state index contributed by atoms with van der Waals surface area (Å²) in [6, 6.07) is 0.0551. The van der Waals surface area contributed by atoms with Crippen LogP contribution in [0.5, 0.6) is 0 Å². The molecule has 2 rings (SSSR count). The maximum atomic E-state index is 10.8. The Morgan fingerprint density at radius 3 is 2.65 bits per heavy atom. The highest BCUT2D eigenvalue weighted by atomic mass is 31.1. The van der Waals surface area contributed by atoms with E-state index in [1.807, 2.05) is 11.9 Å². The number of aliphatic hydroxyl groups is 1. The van der Waals surface area contributed by atoms with Gasteiger partial charge in [0.05, 0.1) is 0 Å². The van der Waals surface area contributed by atoms with Crippen LogP contribution in [0.15, 0.2) is 12.7 Å². The topological polar surface area (TPSA) is 109 Å². The van der Waals surface area contributed by atoms with Crippen molar-refractivity contribution in [3.8, 4) is 0 Å². The minimum Gasteiger partial charge on any atom is -0.396 e. The third-order valence-corrected chi connectivity index (χ3v) is 3.86. The highest BCUT2D eigenvalue weighted by molar-refractivity contribution is 7.32. The van der Waals surface area contributed by atoms with Crippen LogP contribution < -0.4 is 4.90 Å². The molecule has 112 valence electrons. The number of nitrogens with zero attached hydrogens (tertiary/aromatic N) is 4. The van der Waals surface area contributed by atoms with Crippen molar-refractivity contribution in [1.82, 2.24) is 15.0 Å². The molecule has 0 saturated heterocycles. The van der Waals surface area contributed by atoms with Crippen molar-refractivity contribution < 1.29 is 19.1 Å². The van der Waals surface area contributed by atoms with Crippen LogP contribution in [-0.2, 0) is 9.09 Å². The zero-order chi connectivity index (χ0) is 13.8. The van der Waals surface area contributed by atoms with Crippen LogP contribution in [0.25, 0.3) is 0 Å². The predicted molar refractivity (Wildman–Crippen MR) is 73.3 cm³/mol. The summed E-state index contributed by atoms with van der Waals surface area (Å²) >= 11 is 0. The summed E-state index contributed by atoms with van der Waals surface area (Å²) in [6.45, 7) is -0.0740. The number of aromatic nitrogens is 3. The molecule has 0 amide bonds. The van der Waals surface area contributed by atoms with E-state index in [1.54, 1.807) is 0 Å². The third-order valence-electron chi connectivity index (χ3n) is 3.41. The molecule has 9 heteroatoms. The molecule has 1 aliphatic rings. The predicted octanol–water partition coefficient (Wildman–Crippen LogP) is 0.750. The molecule has 1 saturated carbocycles. The molecule has 1 unspecified atom stereocenters. The van der Waals surface area contributed by atoms with Gasteiger partial charge in [-0.15, -0.1) is 9.42 Å². The second-order valence-electron chi connectivity index (χ2n) is 4.50. The molecular weight excluding hydrogens is 283 g/mol. The van der Waals surface area contributed by atoms with Gasteiger partial charge in [-0.3, -0.25) is 0 Å². The summed E-state index contributed by atoms with van der Waals surface area (Å²) < 4.78 is 15.7. The first-order valence-electron chi connectivity index (χ1n) is 5.90. The molecule has 1 aromatic rings. The van der Waals surface area contributed by atoms with E-state index in [0.717, 1.165) is 0 Å². The molecular formula is C11H20N4O4P+. The number of rotatable bonds is 5. The molecule has 0 aromatic carbocycles. The Hall–Kier alpha value is -1.21. The van der Waals surface area contributed by atoms with Gasteiger partial charge in [0.1, 0.15) is 18.8 Å². The van der Waals surface area contributed by atoms with Crippen LogP contribution in [-0.4, -0.2) is 50.8 Å². The van der Waals surface area contributed by atoms with Crippen LogP contribution in [0.1, 0.15) is 20.3 Å². The van der Waals surface area contributed by atoms with Gasteiger partial charge >= 0.3 is 8.25 Å².